The van der Waals surface area contributed by atoms with Gasteiger partial charge in [-0.2, -0.15) is 0 Å². The van der Waals surface area contributed by atoms with E-state index in [9.17, 15) is 19.8 Å². The molecule has 0 atom stereocenters. The predicted molar refractivity (Wildman–Crippen MR) is 82.5 cm³/mol. The Morgan fingerprint density at radius 1 is 1.13 bits per heavy atom. The van der Waals surface area contributed by atoms with E-state index in [-0.39, 0.29) is 40.8 Å². The predicted octanol–water partition coefficient (Wildman–Crippen LogP) is 2.10. The summed E-state index contributed by atoms with van der Waals surface area (Å²) in [4.78, 5) is 23.3. The van der Waals surface area contributed by atoms with Crippen LogP contribution < -0.4 is 10.1 Å². The van der Waals surface area contributed by atoms with E-state index in [0.717, 1.165) is 6.07 Å². The summed E-state index contributed by atoms with van der Waals surface area (Å²) in [6, 6.07) is 7.98. The third-order valence-corrected chi connectivity index (χ3v) is 3.17. The Balaban J connectivity index is 2.15. The highest BCUT2D eigenvalue weighted by Gasteiger charge is 2.14. The lowest BCUT2D eigenvalue weighted by atomic mass is 10.1. The van der Waals surface area contributed by atoms with Gasteiger partial charge in [-0.15, -0.1) is 0 Å². The number of carbonyl (C=O) groups is 2. The standard InChI is InChI=1S/C16H15NO6/c1-23-15-6-9(2-5-13(15)19)14(20)8-17-12-4-3-10(18)7-11(12)16(21)22/h2-7,17-19H,8H2,1H3,(H,21,22). The van der Waals surface area contributed by atoms with Gasteiger partial charge in [-0.3, -0.25) is 4.79 Å². The van der Waals surface area contributed by atoms with Crippen molar-refractivity contribution in [1.82, 2.24) is 0 Å². The molecular weight excluding hydrogens is 302 g/mol. The number of phenols is 2. The summed E-state index contributed by atoms with van der Waals surface area (Å²) in [5.41, 5.74) is 0.387. The highest BCUT2D eigenvalue weighted by Crippen LogP contribution is 2.26. The highest BCUT2D eigenvalue weighted by atomic mass is 16.5. The van der Waals surface area contributed by atoms with E-state index in [0.29, 0.717) is 5.56 Å². The Morgan fingerprint density at radius 2 is 1.87 bits per heavy atom. The second-order valence-corrected chi connectivity index (χ2v) is 4.70. The molecule has 23 heavy (non-hydrogen) atoms. The molecule has 4 N–H and O–H groups in total. The number of benzene rings is 2. The van der Waals surface area contributed by atoms with E-state index in [2.05, 4.69) is 5.32 Å². The van der Waals surface area contributed by atoms with Gasteiger partial charge in [-0.05, 0) is 36.4 Å². The quantitative estimate of drug-likeness (QED) is 0.476. The van der Waals surface area contributed by atoms with Crippen molar-refractivity contribution in [3.8, 4) is 17.2 Å². The minimum absolute atomic E-state index is 0.0799. The fraction of sp³-hybridized carbons (Fsp3) is 0.125. The van der Waals surface area contributed by atoms with Crippen LogP contribution in [0.15, 0.2) is 36.4 Å². The Morgan fingerprint density at radius 3 is 2.52 bits per heavy atom. The molecule has 120 valence electrons. The first-order valence-electron chi connectivity index (χ1n) is 6.62. The number of phenolic OH excluding ortho intramolecular Hbond substituents is 2. The zero-order valence-corrected chi connectivity index (χ0v) is 12.2. The average Bonchev–Trinajstić information content (AvgIpc) is 2.53. The smallest absolute Gasteiger partial charge is 0.337 e. The van der Waals surface area contributed by atoms with Crippen molar-refractivity contribution in [2.45, 2.75) is 0 Å². The van der Waals surface area contributed by atoms with E-state index < -0.39 is 5.97 Å². The minimum Gasteiger partial charge on any atom is -0.508 e. The lowest BCUT2D eigenvalue weighted by Crippen LogP contribution is -2.16. The van der Waals surface area contributed by atoms with Crippen LogP contribution in [-0.2, 0) is 0 Å². The first-order chi connectivity index (χ1) is 10.9. The number of rotatable bonds is 6. The van der Waals surface area contributed by atoms with Gasteiger partial charge in [0.25, 0.3) is 0 Å². The Labute approximate surface area is 131 Å². The molecule has 0 unspecified atom stereocenters. The molecule has 0 aliphatic heterocycles. The number of methoxy groups -OCH3 is 1. The number of aromatic hydroxyl groups is 2. The van der Waals surface area contributed by atoms with Gasteiger partial charge in [0, 0.05) is 11.3 Å². The molecule has 0 fully saturated rings. The fourth-order valence-electron chi connectivity index (χ4n) is 1.99. The number of hydrogen-bond acceptors (Lipinski definition) is 6. The van der Waals surface area contributed by atoms with Crippen LogP contribution in [0.1, 0.15) is 20.7 Å². The summed E-state index contributed by atoms with van der Waals surface area (Å²) in [6.07, 6.45) is 0. The molecule has 0 saturated carbocycles. The molecule has 0 aromatic heterocycles. The van der Waals surface area contributed by atoms with Gasteiger partial charge in [0.15, 0.2) is 17.3 Å². The van der Waals surface area contributed by atoms with Crippen molar-refractivity contribution in [3.05, 3.63) is 47.5 Å². The fourth-order valence-corrected chi connectivity index (χ4v) is 1.99. The lowest BCUT2D eigenvalue weighted by molar-refractivity contribution is 0.0697. The molecule has 0 aliphatic carbocycles. The maximum Gasteiger partial charge on any atom is 0.337 e. The van der Waals surface area contributed by atoms with Crippen molar-refractivity contribution in [2.75, 3.05) is 19.0 Å². The average molecular weight is 317 g/mol. The molecule has 0 heterocycles. The van der Waals surface area contributed by atoms with E-state index in [1.807, 2.05) is 0 Å². The molecule has 7 nitrogen and oxygen atoms in total. The molecule has 0 bridgehead atoms. The third-order valence-electron chi connectivity index (χ3n) is 3.17. The van der Waals surface area contributed by atoms with E-state index in [4.69, 9.17) is 9.84 Å². The zero-order valence-electron chi connectivity index (χ0n) is 12.2. The molecule has 2 aromatic rings. The Kier molecular flexibility index (Phi) is 4.70. The number of ketones is 1. The summed E-state index contributed by atoms with van der Waals surface area (Å²) in [5, 5.41) is 30.7. The second kappa shape index (κ2) is 6.69. The first-order valence-corrected chi connectivity index (χ1v) is 6.62. The molecule has 2 rings (SSSR count). The van der Waals surface area contributed by atoms with Crippen LogP contribution in [0.3, 0.4) is 0 Å². The van der Waals surface area contributed by atoms with Crippen LogP contribution in [0.4, 0.5) is 5.69 Å². The summed E-state index contributed by atoms with van der Waals surface area (Å²) in [7, 11) is 1.37. The summed E-state index contributed by atoms with van der Waals surface area (Å²) in [5.74, 6) is -1.62. The van der Waals surface area contributed by atoms with Crippen LogP contribution in [0.5, 0.6) is 17.2 Å². The van der Waals surface area contributed by atoms with E-state index in [1.54, 1.807) is 0 Å². The van der Waals surface area contributed by atoms with Gasteiger partial charge in [0.1, 0.15) is 5.75 Å². The van der Waals surface area contributed by atoms with Crippen LogP contribution in [0, 0.1) is 0 Å². The van der Waals surface area contributed by atoms with Gasteiger partial charge >= 0.3 is 5.97 Å². The zero-order chi connectivity index (χ0) is 17.0. The van der Waals surface area contributed by atoms with Gasteiger partial charge in [0.2, 0.25) is 0 Å². The van der Waals surface area contributed by atoms with Gasteiger partial charge in [-0.1, -0.05) is 0 Å². The molecule has 0 aliphatic rings. The number of hydrogen-bond donors (Lipinski definition) is 4. The number of carboxylic acid groups (broad SMARTS) is 1. The molecule has 7 heteroatoms. The summed E-state index contributed by atoms with van der Waals surface area (Å²) >= 11 is 0. The molecule has 0 amide bonds. The van der Waals surface area contributed by atoms with Gasteiger partial charge in [0.05, 0.1) is 19.2 Å². The van der Waals surface area contributed by atoms with Crippen LogP contribution in [0.25, 0.3) is 0 Å². The largest absolute Gasteiger partial charge is 0.508 e. The highest BCUT2D eigenvalue weighted by molar-refractivity contribution is 6.01. The van der Waals surface area contributed by atoms with Crippen LogP contribution >= 0.6 is 0 Å². The molecular formula is C16H15NO6. The van der Waals surface area contributed by atoms with Crippen LogP contribution in [0.2, 0.25) is 0 Å². The van der Waals surface area contributed by atoms with Crippen molar-refractivity contribution < 1.29 is 29.6 Å². The van der Waals surface area contributed by atoms with Crippen LogP contribution in [-0.4, -0.2) is 40.7 Å². The Bertz CT molecular complexity index is 756. The number of carbonyl (C=O) groups excluding carboxylic acids is 1. The first kappa shape index (κ1) is 16.2. The number of ether oxygens (including phenoxy) is 1. The normalized spacial score (nSPS) is 10.1. The van der Waals surface area contributed by atoms with Crippen molar-refractivity contribution in [1.29, 1.82) is 0 Å². The number of anilines is 1. The summed E-state index contributed by atoms with van der Waals surface area (Å²) < 4.78 is 4.93. The molecule has 0 spiro atoms. The van der Waals surface area contributed by atoms with Gasteiger partial charge in [-0.25, -0.2) is 4.79 Å². The van der Waals surface area contributed by atoms with E-state index >= 15 is 0 Å². The monoisotopic (exact) mass is 317 g/mol. The van der Waals surface area contributed by atoms with Crippen molar-refractivity contribution in [3.63, 3.8) is 0 Å². The lowest BCUT2D eigenvalue weighted by Gasteiger charge is -2.10. The second-order valence-electron chi connectivity index (χ2n) is 4.70. The number of carboxylic acids is 1. The summed E-state index contributed by atoms with van der Waals surface area (Å²) in [6.45, 7) is -0.154. The third kappa shape index (κ3) is 3.70. The SMILES string of the molecule is COc1cc(C(=O)CNc2ccc(O)cc2C(=O)O)ccc1O. The topological polar surface area (TPSA) is 116 Å². The molecule has 0 saturated heterocycles. The Hall–Kier alpha value is -3.22. The number of nitrogens with one attached hydrogen (secondary N) is 1. The minimum atomic E-state index is -1.22. The van der Waals surface area contributed by atoms with E-state index in [1.165, 1.54) is 37.4 Å². The van der Waals surface area contributed by atoms with Crippen molar-refractivity contribution >= 4 is 17.4 Å². The molecule has 2 aromatic carbocycles. The number of aromatic carboxylic acids is 1. The maximum atomic E-state index is 12.1. The maximum absolute atomic E-state index is 12.1. The van der Waals surface area contributed by atoms with Gasteiger partial charge < -0.3 is 25.4 Å². The number of Topliss-reactive ketones (excluding diaryl/α,β-unsaturated/α-hetero) is 1. The van der Waals surface area contributed by atoms with Crippen molar-refractivity contribution in [2.24, 2.45) is 0 Å². The molecule has 0 radical (unpaired) electrons.